The van der Waals surface area contributed by atoms with Crippen molar-refractivity contribution in [3.63, 3.8) is 0 Å². The number of nitrogens with one attached hydrogen (secondary N) is 1. The lowest BCUT2D eigenvalue weighted by atomic mass is 10.2. The molecule has 96 valence electrons. The molecule has 5 heteroatoms. The molecule has 0 aliphatic carbocycles. The number of anilines is 1. The van der Waals surface area contributed by atoms with E-state index in [0.29, 0.717) is 6.04 Å². The van der Waals surface area contributed by atoms with Gasteiger partial charge < -0.3 is 9.72 Å². The molecule has 3 heterocycles. The van der Waals surface area contributed by atoms with E-state index in [-0.39, 0.29) is 0 Å². The fourth-order valence-corrected chi connectivity index (χ4v) is 1.96. The molecule has 19 heavy (non-hydrogen) atoms. The first-order valence-electron chi connectivity index (χ1n) is 6.24. The van der Waals surface area contributed by atoms with E-state index < -0.39 is 0 Å². The van der Waals surface area contributed by atoms with E-state index in [2.05, 4.69) is 34.1 Å². The Labute approximate surface area is 111 Å². The summed E-state index contributed by atoms with van der Waals surface area (Å²) in [6.07, 6.45) is 9.22. The summed E-state index contributed by atoms with van der Waals surface area (Å²) in [6, 6.07) is 4.21. The smallest absolute Gasteiger partial charge is 0.180 e. The second-order valence-electron chi connectivity index (χ2n) is 4.67. The van der Waals surface area contributed by atoms with Crippen molar-refractivity contribution in [3.05, 3.63) is 43.1 Å². The molecule has 0 aliphatic heterocycles. The maximum atomic E-state index is 4.65. The van der Waals surface area contributed by atoms with Gasteiger partial charge in [-0.1, -0.05) is 0 Å². The highest BCUT2D eigenvalue weighted by Crippen LogP contribution is 2.21. The average molecular weight is 253 g/mol. The number of rotatable bonds is 3. The summed E-state index contributed by atoms with van der Waals surface area (Å²) in [5.74, 6) is 0.793. The van der Waals surface area contributed by atoms with Crippen LogP contribution < -0.4 is 5.32 Å². The molecule has 3 aromatic heterocycles. The van der Waals surface area contributed by atoms with Gasteiger partial charge in [-0.25, -0.2) is 9.97 Å². The van der Waals surface area contributed by atoms with Crippen molar-refractivity contribution in [1.29, 1.82) is 0 Å². The molecule has 3 rings (SSSR count). The van der Waals surface area contributed by atoms with Crippen LogP contribution in [0.1, 0.15) is 13.8 Å². The van der Waals surface area contributed by atoms with Crippen molar-refractivity contribution in [2.75, 3.05) is 5.32 Å². The number of pyridine rings is 1. The van der Waals surface area contributed by atoms with Crippen LogP contribution in [0.15, 0.2) is 43.1 Å². The first kappa shape index (κ1) is 11.6. The van der Waals surface area contributed by atoms with E-state index in [4.69, 9.17) is 0 Å². The number of hydrogen-bond acceptors (Lipinski definition) is 4. The van der Waals surface area contributed by atoms with Crippen molar-refractivity contribution in [2.24, 2.45) is 0 Å². The molecule has 0 aliphatic rings. The Morgan fingerprint density at radius 1 is 1.26 bits per heavy atom. The van der Waals surface area contributed by atoms with Crippen LogP contribution in [-0.4, -0.2) is 25.4 Å². The molecule has 0 spiro atoms. The first-order chi connectivity index (χ1) is 9.24. The summed E-state index contributed by atoms with van der Waals surface area (Å²) < 4.78 is 1.97. The van der Waals surface area contributed by atoms with E-state index in [0.717, 1.165) is 22.7 Å². The Balaban J connectivity index is 2.16. The molecule has 1 N–H and O–H groups in total. The lowest BCUT2D eigenvalue weighted by Gasteiger charge is -2.12. The van der Waals surface area contributed by atoms with Gasteiger partial charge in [-0.3, -0.25) is 4.98 Å². The Morgan fingerprint density at radius 3 is 2.89 bits per heavy atom. The zero-order valence-electron chi connectivity index (χ0n) is 10.9. The van der Waals surface area contributed by atoms with Gasteiger partial charge in [0.15, 0.2) is 11.5 Å². The van der Waals surface area contributed by atoms with Crippen molar-refractivity contribution in [3.8, 4) is 11.3 Å². The molecule has 0 atom stereocenters. The zero-order valence-corrected chi connectivity index (χ0v) is 10.9. The van der Waals surface area contributed by atoms with Crippen LogP contribution >= 0.6 is 0 Å². The minimum Gasteiger partial charge on any atom is -0.365 e. The van der Waals surface area contributed by atoms with Gasteiger partial charge in [0.2, 0.25) is 0 Å². The Hall–Kier alpha value is -2.43. The Bertz CT molecular complexity index is 687. The zero-order chi connectivity index (χ0) is 13.2. The molecule has 0 saturated carbocycles. The summed E-state index contributed by atoms with van der Waals surface area (Å²) in [6.45, 7) is 4.16. The van der Waals surface area contributed by atoms with Gasteiger partial charge in [0.1, 0.15) is 0 Å². The van der Waals surface area contributed by atoms with E-state index in [1.54, 1.807) is 12.4 Å². The normalized spacial score (nSPS) is 11.1. The van der Waals surface area contributed by atoms with Crippen LogP contribution in [0.5, 0.6) is 0 Å². The van der Waals surface area contributed by atoms with Gasteiger partial charge >= 0.3 is 0 Å². The minimum atomic E-state index is 0.303. The molecule has 0 fully saturated rings. The molecular formula is C14H15N5. The quantitative estimate of drug-likeness (QED) is 0.779. The van der Waals surface area contributed by atoms with Crippen LogP contribution in [0.25, 0.3) is 16.9 Å². The van der Waals surface area contributed by atoms with Crippen LogP contribution in [0.3, 0.4) is 0 Å². The van der Waals surface area contributed by atoms with Gasteiger partial charge in [0.05, 0.1) is 5.69 Å². The first-order valence-corrected chi connectivity index (χ1v) is 6.24. The number of imidazole rings is 1. The Morgan fingerprint density at radius 2 is 2.16 bits per heavy atom. The summed E-state index contributed by atoms with van der Waals surface area (Å²) in [5.41, 5.74) is 2.70. The third kappa shape index (κ3) is 2.27. The van der Waals surface area contributed by atoms with Crippen molar-refractivity contribution < 1.29 is 0 Å². The van der Waals surface area contributed by atoms with E-state index in [1.165, 1.54) is 0 Å². The number of hydrogen-bond donors (Lipinski definition) is 1. The van der Waals surface area contributed by atoms with Crippen LogP contribution in [-0.2, 0) is 0 Å². The third-order valence-electron chi connectivity index (χ3n) is 2.76. The van der Waals surface area contributed by atoms with Gasteiger partial charge in [0, 0.05) is 42.6 Å². The predicted molar refractivity (Wildman–Crippen MR) is 75.0 cm³/mol. The van der Waals surface area contributed by atoms with Crippen LogP contribution in [0, 0.1) is 0 Å². The molecule has 3 aromatic rings. The molecule has 0 bridgehead atoms. The van der Waals surface area contributed by atoms with E-state index in [1.807, 2.05) is 35.1 Å². The second kappa shape index (κ2) is 4.68. The molecule has 0 radical (unpaired) electrons. The van der Waals surface area contributed by atoms with Gasteiger partial charge in [-0.05, 0) is 26.0 Å². The highest BCUT2D eigenvalue weighted by atomic mass is 15.1. The standard InChI is InChI=1S/C14H15N5/c1-10(2)17-13-14-16-6-7-19(14)9-12(18-13)11-4-3-5-15-8-11/h3-10H,1-2H3,(H,17,18). The van der Waals surface area contributed by atoms with Crippen LogP contribution in [0.2, 0.25) is 0 Å². The number of nitrogens with zero attached hydrogens (tertiary/aromatic N) is 4. The summed E-state index contributed by atoms with van der Waals surface area (Å²) in [7, 11) is 0. The number of fused-ring (bicyclic) bond motifs is 1. The van der Waals surface area contributed by atoms with Gasteiger partial charge in [-0.15, -0.1) is 0 Å². The SMILES string of the molecule is CC(C)Nc1nc(-c2cccnc2)cn2ccnc12. The fraction of sp³-hybridized carbons (Fsp3) is 0.214. The highest BCUT2D eigenvalue weighted by molar-refractivity contribution is 5.69. The van der Waals surface area contributed by atoms with Crippen molar-refractivity contribution >= 4 is 11.5 Å². The van der Waals surface area contributed by atoms with Gasteiger partial charge in [-0.2, -0.15) is 0 Å². The van der Waals surface area contributed by atoms with Crippen LogP contribution in [0.4, 0.5) is 5.82 Å². The van der Waals surface area contributed by atoms with E-state index >= 15 is 0 Å². The van der Waals surface area contributed by atoms with Gasteiger partial charge in [0.25, 0.3) is 0 Å². The molecule has 5 nitrogen and oxygen atoms in total. The monoisotopic (exact) mass is 253 g/mol. The van der Waals surface area contributed by atoms with Crippen molar-refractivity contribution in [1.82, 2.24) is 19.4 Å². The van der Waals surface area contributed by atoms with Crippen molar-refractivity contribution in [2.45, 2.75) is 19.9 Å². The lowest BCUT2D eigenvalue weighted by molar-refractivity contribution is 0.887. The molecule has 0 saturated heterocycles. The summed E-state index contributed by atoms with van der Waals surface area (Å²) in [5, 5.41) is 3.33. The molecule has 0 amide bonds. The topological polar surface area (TPSA) is 55.1 Å². The third-order valence-corrected chi connectivity index (χ3v) is 2.76. The average Bonchev–Trinajstić information content (AvgIpc) is 2.87. The molecule has 0 aromatic carbocycles. The minimum absolute atomic E-state index is 0.303. The Kier molecular flexibility index (Phi) is 2.87. The second-order valence-corrected chi connectivity index (χ2v) is 4.67. The fourth-order valence-electron chi connectivity index (χ4n) is 1.96. The maximum absolute atomic E-state index is 4.65. The maximum Gasteiger partial charge on any atom is 0.180 e. The summed E-state index contributed by atoms with van der Waals surface area (Å²) in [4.78, 5) is 13.1. The van der Waals surface area contributed by atoms with E-state index in [9.17, 15) is 0 Å². The highest BCUT2D eigenvalue weighted by Gasteiger charge is 2.09. The summed E-state index contributed by atoms with van der Waals surface area (Å²) >= 11 is 0. The largest absolute Gasteiger partial charge is 0.365 e. The predicted octanol–water partition coefficient (Wildman–Crippen LogP) is 2.61. The lowest BCUT2D eigenvalue weighted by Crippen LogP contribution is -2.12. The molecule has 0 unspecified atom stereocenters. The number of aromatic nitrogens is 4. The molecular weight excluding hydrogens is 238 g/mol.